The lowest BCUT2D eigenvalue weighted by molar-refractivity contribution is 0.349. The number of sulfonamides is 1. The Hall–Kier alpha value is 0.200. The van der Waals surface area contributed by atoms with Gasteiger partial charge in [0.15, 0.2) is 0 Å². The van der Waals surface area contributed by atoms with Crippen LogP contribution in [0.5, 0.6) is 0 Å². The molecule has 0 aromatic rings. The zero-order valence-corrected chi connectivity index (χ0v) is 13.1. The Morgan fingerprint density at radius 1 is 1.22 bits per heavy atom. The lowest BCUT2D eigenvalue weighted by Crippen LogP contribution is -2.37. The van der Waals surface area contributed by atoms with Crippen molar-refractivity contribution in [1.82, 2.24) is 4.72 Å². The lowest BCUT2D eigenvalue weighted by Gasteiger charge is -2.25. The summed E-state index contributed by atoms with van der Waals surface area (Å²) in [5.41, 5.74) is -0.0681. The van der Waals surface area contributed by atoms with Gasteiger partial charge in [0.25, 0.3) is 0 Å². The van der Waals surface area contributed by atoms with E-state index in [2.05, 4.69) is 4.72 Å². The third-order valence-corrected chi connectivity index (χ3v) is 5.41. The second kappa shape index (κ2) is 7.11. The molecule has 0 heterocycles. The molecule has 18 heavy (non-hydrogen) atoms. The van der Waals surface area contributed by atoms with E-state index >= 15 is 0 Å². The van der Waals surface area contributed by atoms with Gasteiger partial charge in [-0.05, 0) is 30.6 Å². The van der Waals surface area contributed by atoms with Crippen LogP contribution >= 0.6 is 11.6 Å². The molecule has 1 fully saturated rings. The maximum Gasteiger partial charge on any atom is 0.211 e. The van der Waals surface area contributed by atoms with Crippen molar-refractivity contribution in [1.29, 1.82) is 0 Å². The topological polar surface area (TPSA) is 46.2 Å². The number of alkyl halides is 1. The largest absolute Gasteiger partial charge is 0.215 e. The van der Waals surface area contributed by atoms with Gasteiger partial charge in [-0.25, -0.2) is 13.1 Å². The molecule has 5 heteroatoms. The average molecular weight is 296 g/mol. The molecular weight excluding hydrogens is 270 g/mol. The molecule has 0 unspecified atom stereocenters. The van der Waals surface area contributed by atoms with Gasteiger partial charge in [0.1, 0.15) is 0 Å². The van der Waals surface area contributed by atoms with Crippen LogP contribution in [0.25, 0.3) is 0 Å². The van der Waals surface area contributed by atoms with Crippen molar-refractivity contribution in [3.63, 3.8) is 0 Å². The van der Waals surface area contributed by atoms with Gasteiger partial charge in [0.05, 0.1) is 5.75 Å². The highest BCUT2D eigenvalue weighted by Gasteiger charge is 2.24. The molecule has 1 rings (SSSR count). The van der Waals surface area contributed by atoms with E-state index in [1.165, 1.54) is 19.3 Å². The van der Waals surface area contributed by atoms with Gasteiger partial charge in [-0.1, -0.05) is 33.1 Å². The van der Waals surface area contributed by atoms with E-state index in [4.69, 9.17) is 11.6 Å². The van der Waals surface area contributed by atoms with Crippen molar-refractivity contribution in [2.24, 2.45) is 11.3 Å². The van der Waals surface area contributed by atoms with E-state index in [1.54, 1.807) is 0 Å². The maximum atomic E-state index is 12.0. The normalized spacial score (nSPS) is 19.1. The Balaban J connectivity index is 2.39. The first-order valence-electron chi connectivity index (χ1n) is 6.88. The summed E-state index contributed by atoms with van der Waals surface area (Å²) in [6.07, 6.45) is 6.56. The van der Waals surface area contributed by atoms with Crippen LogP contribution in [0.2, 0.25) is 0 Å². The minimum absolute atomic E-state index is 0.0681. The number of hydrogen-bond acceptors (Lipinski definition) is 2. The molecule has 0 bridgehead atoms. The van der Waals surface area contributed by atoms with Crippen LogP contribution in [0.4, 0.5) is 0 Å². The lowest BCUT2D eigenvalue weighted by atomic mass is 9.91. The molecular formula is C13H26ClNO2S. The Morgan fingerprint density at radius 3 is 2.39 bits per heavy atom. The fraction of sp³-hybridized carbons (Fsp3) is 1.00. The monoisotopic (exact) mass is 295 g/mol. The van der Waals surface area contributed by atoms with E-state index in [1.807, 2.05) is 13.8 Å². The summed E-state index contributed by atoms with van der Waals surface area (Å²) in [4.78, 5) is 0. The van der Waals surface area contributed by atoms with Gasteiger partial charge < -0.3 is 0 Å². The van der Waals surface area contributed by atoms with Crippen molar-refractivity contribution in [2.75, 3.05) is 18.2 Å². The minimum atomic E-state index is -3.13. The van der Waals surface area contributed by atoms with Crippen molar-refractivity contribution in [3.05, 3.63) is 0 Å². The summed E-state index contributed by atoms with van der Waals surface area (Å²) in [5, 5.41) is 0. The van der Waals surface area contributed by atoms with Crippen molar-refractivity contribution >= 4 is 21.6 Å². The van der Waals surface area contributed by atoms with Gasteiger partial charge in [-0.2, -0.15) is 0 Å². The minimum Gasteiger partial charge on any atom is -0.215 e. The smallest absolute Gasteiger partial charge is 0.211 e. The van der Waals surface area contributed by atoms with Gasteiger partial charge in [0.2, 0.25) is 10.0 Å². The molecule has 0 saturated heterocycles. The summed E-state index contributed by atoms with van der Waals surface area (Å²) in [7, 11) is -3.13. The van der Waals surface area contributed by atoms with Gasteiger partial charge in [0, 0.05) is 12.4 Å². The quantitative estimate of drug-likeness (QED) is 0.734. The standard InChI is InChI=1S/C13H26ClNO2S/c1-13(2,8-9-14)11-15-18(16,17)10-12-6-4-3-5-7-12/h12,15H,3-11H2,1-2H3. The fourth-order valence-electron chi connectivity index (χ4n) is 2.37. The van der Waals surface area contributed by atoms with Crippen LogP contribution in [-0.4, -0.2) is 26.6 Å². The molecule has 1 N–H and O–H groups in total. The van der Waals surface area contributed by atoms with E-state index < -0.39 is 10.0 Å². The predicted molar refractivity (Wildman–Crippen MR) is 77.5 cm³/mol. The summed E-state index contributed by atoms with van der Waals surface area (Å²) in [6, 6.07) is 0. The molecule has 108 valence electrons. The van der Waals surface area contributed by atoms with Gasteiger partial charge >= 0.3 is 0 Å². The second-order valence-corrected chi connectivity index (χ2v) is 8.44. The maximum absolute atomic E-state index is 12.0. The van der Waals surface area contributed by atoms with Gasteiger partial charge in [-0.3, -0.25) is 0 Å². The molecule has 0 aromatic heterocycles. The number of hydrogen-bond donors (Lipinski definition) is 1. The van der Waals surface area contributed by atoms with Crippen molar-refractivity contribution < 1.29 is 8.42 Å². The van der Waals surface area contributed by atoms with E-state index in [-0.39, 0.29) is 5.41 Å². The predicted octanol–water partition coefficient (Wildman–Crippen LogP) is 3.14. The Morgan fingerprint density at radius 2 is 1.83 bits per heavy atom. The van der Waals surface area contributed by atoms with Crippen LogP contribution in [-0.2, 0) is 10.0 Å². The Labute approximate surface area is 117 Å². The molecule has 0 aromatic carbocycles. The Kier molecular flexibility index (Phi) is 6.42. The summed E-state index contributed by atoms with van der Waals surface area (Å²) in [5.74, 6) is 1.22. The van der Waals surface area contributed by atoms with Crippen LogP contribution in [0.1, 0.15) is 52.4 Å². The molecule has 0 amide bonds. The highest BCUT2D eigenvalue weighted by atomic mass is 35.5. The number of halogens is 1. The molecule has 0 aliphatic heterocycles. The molecule has 3 nitrogen and oxygen atoms in total. The third kappa shape index (κ3) is 6.39. The molecule has 0 spiro atoms. The number of nitrogens with one attached hydrogen (secondary N) is 1. The average Bonchev–Trinajstić information content (AvgIpc) is 2.28. The second-order valence-electron chi connectivity index (χ2n) is 6.21. The fourth-order valence-corrected chi connectivity index (χ4v) is 4.57. The molecule has 1 saturated carbocycles. The first-order chi connectivity index (χ1) is 8.35. The molecule has 1 aliphatic rings. The zero-order chi connectivity index (χ0) is 13.6. The first-order valence-corrected chi connectivity index (χ1v) is 9.07. The highest BCUT2D eigenvalue weighted by Crippen LogP contribution is 2.25. The van der Waals surface area contributed by atoms with E-state index in [0.29, 0.717) is 24.1 Å². The molecule has 0 atom stereocenters. The summed E-state index contributed by atoms with van der Waals surface area (Å²) in [6.45, 7) is 4.56. The van der Waals surface area contributed by atoms with Crippen LogP contribution in [0.15, 0.2) is 0 Å². The first kappa shape index (κ1) is 16.3. The van der Waals surface area contributed by atoms with Crippen LogP contribution < -0.4 is 4.72 Å². The molecule has 0 radical (unpaired) electrons. The van der Waals surface area contributed by atoms with Crippen molar-refractivity contribution in [2.45, 2.75) is 52.4 Å². The van der Waals surface area contributed by atoms with Crippen LogP contribution in [0, 0.1) is 11.3 Å². The van der Waals surface area contributed by atoms with Crippen molar-refractivity contribution in [3.8, 4) is 0 Å². The summed E-state index contributed by atoms with van der Waals surface area (Å²) < 4.78 is 26.8. The highest BCUT2D eigenvalue weighted by molar-refractivity contribution is 7.89. The zero-order valence-electron chi connectivity index (χ0n) is 11.5. The Bertz CT molecular complexity index is 335. The van der Waals surface area contributed by atoms with E-state index in [0.717, 1.165) is 19.3 Å². The van der Waals surface area contributed by atoms with E-state index in [9.17, 15) is 8.42 Å². The third-order valence-electron chi connectivity index (χ3n) is 3.72. The summed E-state index contributed by atoms with van der Waals surface area (Å²) >= 11 is 5.71. The van der Waals surface area contributed by atoms with Gasteiger partial charge in [-0.15, -0.1) is 11.6 Å². The SMILES string of the molecule is CC(C)(CCCl)CNS(=O)(=O)CC1CCCCC1. The number of rotatable bonds is 7. The van der Waals surface area contributed by atoms with Crippen LogP contribution in [0.3, 0.4) is 0 Å². The molecule has 1 aliphatic carbocycles.